The molecule has 0 heterocycles. The summed E-state index contributed by atoms with van der Waals surface area (Å²) in [6.45, 7) is 1.05. The van der Waals surface area contributed by atoms with E-state index < -0.39 is 0 Å². The zero-order chi connectivity index (χ0) is 13.6. The summed E-state index contributed by atoms with van der Waals surface area (Å²) in [6.07, 6.45) is 5.55. The lowest BCUT2D eigenvalue weighted by atomic mass is 10.2. The zero-order valence-corrected chi connectivity index (χ0v) is 11.8. The van der Waals surface area contributed by atoms with E-state index in [2.05, 4.69) is 23.5 Å². The first-order chi connectivity index (χ1) is 9.90. The van der Waals surface area contributed by atoms with Crippen LogP contribution in [-0.4, -0.2) is 6.04 Å². The molecule has 0 spiro atoms. The minimum atomic E-state index is 0.827. The van der Waals surface area contributed by atoms with E-state index in [4.69, 9.17) is 4.74 Å². The molecule has 2 nitrogen and oxygen atoms in total. The summed E-state index contributed by atoms with van der Waals surface area (Å²) in [6, 6.07) is 19.2. The average Bonchev–Trinajstić information content (AvgIpc) is 3.00. The van der Waals surface area contributed by atoms with Crippen LogP contribution in [-0.2, 0) is 6.54 Å². The van der Waals surface area contributed by atoms with E-state index in [1.807, 2.05) is 36.4 Å². The predicted molar refractivity (Wildman–Crippen MR) is 80.8 cm³/mol. The predicted octanol–water partition coefficient (Wildman–Crippen LogP) is 3.48. The molecule has 1 fully saturated rings. The maximum Gasteiger partial charge on any atom is 0.127 e. The van der Waals surface area contributed by atoms with Gasteiger partial charge in [0, 0.05) is 5.56 Å². The fourth-order valence-electron chi connectivity index (χ4n) is 2.86. The Labute approximate surface area is 120 Å². The monoisotopic (exact) mass is 268 g/mol. The molecule has 1 saturated carbocycles. The van der Waals surface area contributed by atoms with Crippen LogP contribution in [0.3, 0.4) is 0 Å². The molecule has 2 aromatic rings. The third-order valence-corrected chi connectivity index (χ3v) is 3.96. The Balaban J connectivity index is 1.60. The van der Waals surface area contributed by atoms with Gasteiger partial charge in [0.25, 0.3) is 0 Å². The van der Waals surface area contributed by atoms with Crippen molar-refractivity contribution in [3.05, 3.63) is 60.2 Å². The van der Waals surface area contributed by atoms with E-state index in [1.54, 1.807) is 0 Å². The second-order valence-corrected chi connectivity index (χ2v) is 5.55. The number of benzene rings is 2. The zero-order valence-electron chi connectivity index (χ0n) is 11.8. The first-order valence-electron chi connectivity index (χ1n) is 7.55. The highest BCUT2D eigenvalue weighted by Gasteiger charge is 2.17. The van der Waals surface area contributed by atoms with Gasteiger partial charge in [0.05, 0.1) is 6.04 Å². The molecule has 0 atom stereocenters. The van der Waals surface area contributed by atoms with Gasteiger partial charge in [-0.1, -0.05) is 30.3 Å². The highest BCUT2D eigenvalue weighted by molar-refractivity contribution is 5.33. The van der Waals surface area contributed by atoms with Gasteiger partial charge in [-0.3, -0.25) is 0 Å². The number of ether oxygens (including phenoxy) is 1. The second kappa shape index (κ2) is 6.58. The summed E-state index contributed by atoms with van der Waals surface area (Å²) in [5.74, 6) is 1.82. The first kappa shape index (κ1) is 13.2. The van der Waals surface area contributed by atoms with Crippen LogP contribution < -0.4 is 10.1 Å². The molecule has 2 heteroatoms. The largest absolute Gasteiger partial charge is 0.457 e. The molecule has 0 saturated heterocycles. The summed E-state index contributed by atoms with van der Waals surface area (Å²) >= 11 is 0. The third-order valence-electron chi connectivity index (χ3n) is 3.96. The topological polar surface area (TPSA) is 25.8 Å². The first-order valence-corrected chi connectivity index (χ1v) is 7.55. The Bertz CT molecular complexity index is 532. The van der Waals surface area contributed by atoms with Crippen LogP contribution in [0, 0.1) is 0 Å². The maximum atomic E-state index is 5.88. The molecule has 0 unspecified atom stereocenters. The van der Waals surface area contributed by atoms with Crippen molar-refractivity contribution in [1.29, 1.82) is 0 Å². The standard InChI is InChI=1S/C18H21NO/c1-2-10-17(11-3-1)20-18-12-6-7-15(13-18)14-19-16-8-4-5-9-16/h1-3,6-7,10-13,16,19H,4-5,8-9,14H2/p+1. The summed E-state index contributed by atoms with van der Waals surface area (Å²) in [7, 11) is 0. The Morgan fingerprint density at radius 1 is 0.900 bits per heavy atom. The van der Waals surface area contributed by atoms with Crippen LogP contribution >= 0.6 is 0 Å². The van der Waals surface area contributed by atoms with Gasteiger partial charge in [0.15, 0.2) is 0 Å². The van der Waals surface area contributed by atoms with Crippen LogP contribution in [0.1, 0.15) is 31.2 Å². The van der Waals surface area contributed by atoms with Gasteiger partial charge in [-0.25, -0.2) is 0 Å². The average molecular weight is 268 g/mol. The van der Waals surface area contributed by atoms with Crippen LogP contribution in [0.2, 0.25) is 0 Å². The van der Waals surface area contributed by atoms with Crippen molar-refractivity contribution < 1.29 is 10.1 Å². The highest BCUT2D eigenvalue weighted by atomic mass is 16.5. The Hall–Kier alpha value is -1.80. The number of quaternary nitrogens is 1. The minimum Gasteiger partial charge on any atom is -0.457 e. The van der Waals surface area contributed by atoms with Crippen molar-refractivity contribution >= 4 is 0 Å². The number of hydrogen-bond acceptors (Lipinski definition) is 1. The van der Waals surface area contributed by atoms with Gasteiger partial charge in [-0.15, -0.1) is 0 Å². The van der Waals surface area contributed by atoms with Gasteiger partial charge < -0.3 is 10.1 Å². The molecule has 2 N–H and O–H groups in total. The molecule has 0 bridgehead atoms. The van der Waals surface area contributed by atoms with E-state index in [0.717, 1.165) is 24.1 Å². The summed E-state index contributed by atoms with van der Waals surface area (Å²) in [4.78, 5) is 0. The van der Waals surface area contributed by atoms with Crippen LogP contribution in [0.5, 0.6) is 11.5 Å². The molecular formula is C18H22NO+. The van der Waals surface area contributed by atoms with Gasteiger partial charge in [-0.05, 0) is 49.9 Å². The quantitative estimate of drug-likeness (QED) is 0.882. The lowest BCUT2D eigenvalue weighted by molar-refractivity contribution is -0.703. The van der Waals surface area contributed by atoms with E-state index in [-0.39, 0.29) is 0 Å². The number of para-hydroxylation sites is 1. The fourth-order valence-corrected chi connectivity index (χ4v) is 2.86. The molecule has 0 radical (unpaired) electrons. The Morgan fingerprint density at radius 3 is 2.45 bits per heavy atom. The van der Waals surface area contributed by atoms with Crippen molar-refractivity contribution in [2.75, 3.05) is 0 Å². The maximum absolute atomic E-state index is 5.88. The number of rotatable bonds is 5. The number of hydrogen-bond donors (Lipinski definition) is 1. The summed E-state index contributed by atoms with van der Waals surface area (Å²) in [5.41, 5.74) is 1.34. The molecular weight excluding hydrogens is 246 g/mol. The van der Waals surface area contributed by atoms with E-state index >= 15 is 0 Å². The molecule has 0 aromatic heterocycles. The van der Waals surface area contributed by atoms with Gasteiger partial charge >= 0.3 is 0 Å². The van der Waals surface area contributed by atoms with Crippen molar-refractivity contribution in [3.8, 4) is 11.5 Å². The van der Waals surface area contributed by atoms with Crippen molar-refractivity contribution in [2.24, 2.45) is 0 Å². The molecule has 3 rings (SSSR count). The van der Waals surface area contributed by atoms with Crippen molar-refractivity contribution in [3.63, 3.8) is 0 Å². The molecule has 104 valence electrons. The van der Waals surface area contributed by atoms with Gasteiger partial charge in [0.2, 0.25) is 0 Å². The van der Waals surface area contributed by atoms with Crippen LogP contribution in [0.4, 0.5) is 0 Å². The van der Waals surface area contributed by atoms with Crippen LogP contribution in [0.15, 0.2) is 54.6 Å². The summed E-state index contributed by atoms with van der Waals surface area (Å²) < 4.78 is 5.88. The number of nitrogens with two attached hydrogens (primary N) is 1. The fraction of sp³-hybridized carbons (Fsp3) is 0.333. The van der Waals surface area contributed by atoms with Gasteiger partial charge in [0.1, 0.15) is 18.0 Å². The van der Waals surface area contributed by atoms with Crippen molar-refractivity contribution in [2.45, 2.75) is 38.3 Å². The van der Waals surface area contributed by atoms with E-state index in [0.29, 0.717) is 0 Å². The molecule has 1 aliphatic rings. The normalized spacial score (nSPS) is 15.4. The highest BCUT2D eigenvalue weighted by Crippen LogP contribution is 2.21. The molecule has 0 aliphatic heterocycles. The SMILES string of the molecule is c1ccc(Oc2cccc(C[NH2+]C3CCCC3)c2)cc1. The van der Waals surface area contributed by atoms with Gasteiger partial charge in [-0.2, -0.15) is 0 Å². The Morgan fingerprint density at radius 2 is 1.65 bits per heavy atom. The minimum absolute atomic E-state index is 0.827. The van der Waals surface area contributed by atoms with E-state index in [1.165, 1.54) is 31.2 Å². The lowest BCUT2D eigenvalue weighted by Gasteiger charge is -2.10. The Kier molecular flexibility index (Phi) is 4.34. The third kappa shape index (κ3) is 3.61. The molecule has 20 heavy (non-hydrogen) atoms. The lowest BCUT2D eigenvalue weighted by Crippen LogP contribution is -2.87. The smallest absolute Gasteiger partial charge is 0.127 e. The molecule has 1 aliphatic carbocycles. The molecule has 2 aromatic carbocycles. The van der Waals surface area contributed by atoms with E-state index in [9.17, 15) is 0 Å². The van der Waals surface area contributed by atoms with Crippen LogP contribution in [0.25, 0.3) is 0 Å². The summed E-state index contributed by atoms with van der Waals surface area (Å²) in [5, 5.41) is 2.48. The molecule has 0 amide bonds. The van der Waals surface area contributed by atoms with Crippen molar-refractivity contribution in [1.82, 2.24) is 0 Å². The second-order valence-electron chi connectivity index (χ2n) is 5.55.